The van der Waals surface area contributed by atoms with E-state index < -0.39 is 55.3 Å². The number of benzene rings is 2. The van der Waals surface area contributed by atoms with Gasteiger partial charge in [0.05, 0.1) is 21.2 Å². The quantitative estimate of drug-likeness (QED) is 0.360. The summed E-state index contributed by atoms with van der Waals surface area (Å²) in [4.78, 5) is 46.9. The lowest BCUT2D eigenvalue weighted by molar-refractivity contribution is -0.118. The topological polar surface area (TPSA) is 209 Å². The first-order valence-corrected chi connectivity index (χ1v) is 14.1. The SMILES string of the molecule is CC(=O)NC(=O)NC1=CC(=NS(=O)(=O)c2ccccc2)C(NC(=O)NC(C)=O)=CC1=NS(=O)(=O)c1ccccc1. The maximum absolute atomic E-state index is 13.0. The predicted octanol–water partition coefficient (Wildman–Crippen LogP) is 1.12. The van der Waals surface area contributed by atoms with E-state index in [2.05, 4.69) is 19.4 Å². The van der Waals surface area contributed by atoms with Crippen LogP contribution in [0.3, 0.4) is 0 Å². The van der Waals surface area contributed by atoms with Crippen molar-refractivity contribution < 1.29 is 36.0 Å². The van der Waals surface area contributed by atoms with Crippen molar-refractivity contribution in [3.05, 3.63) is 84.2 Å². The van der Waals surface area contributed by atoms with Crippen LogP contribution in [0.5, 0.6) is 0 Å². The Hall–Kier alpha value is -4.96. The van der Waals surface area contributed by atoms with Crippen molar-refractivity contribution in [1.82, 2.24) is 21.3 Å². The Morgan fingerprint density at radius 2 is 0.900 bits per heavy atom. The van der Waals surface area contributed by atoms with Crippen LogP contribution in [0.2, 0.25) is 0 Å². The van der Waals surface area contributed by atoms with Crippen LogP contribution in [0.15, 0.2) is 103 Å². The Bertz CT molecular complexity index is 1570. The number of amides is 6. The first kappa shape index (κ1) is 29.6. The molecular weight excluding hydrogens is 564 g/mol. The van der Waals surface area contributed by atoms with Gasteiger partial charge in [0.15, 0.2) is 0 Å². The van der Waals surface area contributed by atoms with Crippen LogP contribution in [-0.2, 0) is 29.6 Å². The number of rotatable bonds is 6. The highest BCUT2D eigenvalue weighted by atomic mass is 32.2. The summed E-state index contributed by atoms with van der Waals surface area (Å²) in [5.41, 5.74) is -1.68. The van der Waals surface area contributed by atoms with Gasteiger partial charge in [0.2, 0.25) is 11.8 Å². The Balaban J connectivity index is 2.21. The van der Waals surface area contributed by atoms with E-state index in [1.807, 2.05) is 10.6 Å². The smallest absolute Gasteiger partial charge is 0.305 e. The molecule has 4 N–H and O–H groups in total. The number of sulfonamides is 2. The number of carbonyl (C=O) groups is 4. The minimum absolute atomic E-state index is 0.210. The van der Waals surface area contributed by atoms with Gasteiger partial charge in [-0.3, -0.25) is 20.2 Å². The molecule has 14 nitrogen and oxygen atoms in total. The van der Waals surface area contributed by atoms with E-state index >= 15 is 0 Å². The van der Waals surface area contributed by atoms with Crippen LogP contribution < -0.4 is 21.3 Å². The van der Waals surface area contributed by atoms with Gasteiger partial charge in [0.25, 0.3) is 20.0 Å². The number of hydrogen-bond donors (Lipinski definition) is 4. The van der Waals surface area contributed by atoms with E-state index in [-0.39, 0.29) is 21.2 Å². The number of hydrogen-bond acceptors (Lipinski definition) is 8. The van der Waals surface area contributed by atoms with Gasteiger partial charge >= 0.3 is 12.1 Å². The molecule has 0 unspecified atom stereocenters. The largest absolute Gasteiger partial charge is 0.325 e. The fourth-order valence-corrected chi connectivity index (χ4v) is 5.14. The molecule has 3 rings (SSSR count). The zero-order valence-corrected chi connectivity index (χ0v) is 22.5. The lowest BCUT2D eigenvalue weighted by atomic mass is 10.1. The molecule has 0 aliphatic heterocycles. The Labute approximate surface area is 229 Å². The molecule has 0 spiro atoms. The Morgan fingerprint density at radius 3 is 1.20 bits per heavy atom. The van der Waals surface area contributed by atoms with Crippen molar-refractivity contribution in [1.29, 1.82) is 0 Å². The lowest BCUT2D eigenvalue weighted by Crippen LogP contribution is -2.43. The molecule has 0 radical (unpaired) electrons. The van der Waals surface area contributed by atoms with Gasteiger partial charge < -0.3 is 10.6 Å². The van der Waals surface area contributed by atoms with E-state index in [0.29, 0.717) is 0 Å². The Kier molecular flexibility index (Phi) is 9.08. The predicted molar refractivity (Wildman–Crippen MR) is 143 cm³/mol. The van der Waals surface area contributed by atoms with E-state index in [0.717, 1.165) is 26.0 Å². The van der Waals surface area contributed by atoms with Gasteiger partial charge in [-0.1, -0.05) is 36.4 Å². The van der Waals surface area contributed by atoms with Crippen molar-refractivity contribution in [3.8, 4) is 0 Å². The summed E-state index contributed by atoms with van der Waals surface area (Å²) in [7, 11) is -8.79. The fraction of sp³-hybridized carbons (Fsp3) is 0.0833. The van der Waals surface area contributed by atoms with E-state index in [1.165, 1.54) is 48.5 Å². The van der Waals surface area contributed by atoms with Gasteiger partial charge in [0, 0.05) is 13.8 Å². The van der Waals surface area contributed by atoms with E-state index in [1.54, 1.807) is 12.1 Å². The summed E-state index contributed by atoms with van der Waals surface area (Å²) >= 11 is 0. The molecule has 0 saturated carbocycles. The molecule has 2 aromatic carbocycles. The molecule has 16 heteroatoms. The zero-order chi connectivity index (χ0) is 29.5. The molecule has 0 fully saturated rings. The van der Waals surface area contributed by atoms with E-state index in [4.69, 9.17) is 0 Å². The molecule has 208 valence electrons. The number of urea groups is 2. The molecule has 0 aromatic heterocycles. The highest BCUT2D eigenvalue weighted by Crippen LogP contribution is 2.20. The average molecular weight is 587 g/mol. The normalized spacial score (nSPS) is 15.4. The third-order valence-electron chi connectivity index (χ3n) is 4.71. The van der Waals surface area contributed by atoms with Crippen LogP contribution in [0, 0.1) is 0 Å². The number of imide groups is 2. The number of allylic oxidation sites excluding steroid dienone is 2. The zero-order valence-electron chi connectivity index (χ0n) is 20.9. The third-order valence-corrected chi connectivity index (χ3v) is 7.32. The van der Waals surface area contributed by atoms with Crippen LogP contribution in [0.1, 0.15) is 13.8 Å². The number of nitrogens with one attached hydrogen (secondary N) is 4. The first-order chi connectivity index (χ1) is 18.8. The summed E-state index contributed by atoms with van der Waals surface area (Å²) in [5.74, 6) is -1.49. The second kappa shape index (κ2) is 12.3. The third kappa shape index (κ3) is 8.02. The van der Waals surface area contributed by atoms with Gasteiger partial charge in [0.1, 0.15) is 11.4 Å². The molecule has 6 amide bonds. The van der Waals surface area contributed by atoms with E-state index in [9.17, 15) is 36.0 Å². The lowest BCUT2D eigenvalue weighted by Gasteiger charge is -2.19. The number of carbonyl (C=O) groups excluding carboxylic acids is 4. The van der Waals surface area contributed by atoms with Gasteiger partial charge in [-0.05, 0) is 36.4 Å². The molecule has 0 bridgehead atoms. The fourth-order valence-electron chi connectivity index (χ4n) is 3.10. The van der Waals surface area contributed by atoms with Crippen molar-refractivity contribution in [3.63, 3.8) is 0 Å². The van der Waals surface area contributed by atoms with Crippen LogP contribution in [-0.4, -0.2) is 52.1 Å². The highest BCUT2D eigenvalue weighted by Gasteiger charge is 2.26. The second-order valence-corrected chi connectivity index (χ2v) is 11.1. The van der Waals surface area contributed by atoms with Crippen LogP contribution in [0.25, 0.3) is 0 Å². The minimum atomic E-state index is -4.39. The monoisotopic (exact) mass is 586 g/mol. The molecule has 0 heterocycles. The maximum Gasteiger partial charge on any atom is 0.325 e. The molecule has 2 aromatic rings. The van der Waals surface area contributed by atoms with Gasteiger partial charge in [-0.2, -0.15) is 25.6 Å². The van der Waals surface area contributed by atoms with Gasteiger partial charge in [-0.15, -0.1) is 0 Å². The molecule has 0 atom stereocenters. The van der Waals surface area contributed by atoms with Crippen LogP contribution in [0.4, 0.5) is 9.59 Å². The molecular formula is C24H22N6O8S2. The Morgan fingerprint density at radius 1 is 0.575 bits per heavy atom. The standard InChI is InChI=1S/C24H22N6O8S2/c1-15(31)25-23(33)27-19-13-22(30-40(37,38)18-11-7-4-8-12-18)20(28-24(34)26-16(2)32)14-21(19)29-39(35,36)17-9-5-3-6-10-17/h3-14H,1-2H3,(H2,25,27,31,33)(H2,26,28,32,34). The number of nitrogens with zero attached hydrogens (tertiary/aromatic N) is 2. The molecule has 1 aliphatic rings. The maximum atomic E-state index is 13.0. The molecule has 40 heavy (non-hydrogen) atoms. The van der Waals surface area contributed by atoms with Crippen LogP contribution >= 0.6 is 0 Å². The molecule has 1 aliphatic carbocycles. The van der Waals surface area contributed by atoms with Crippen molar-refractivity contribution in [2.75, 3.05) is 0 Å². The van der Waals surface area contributed by atoms with Crippen molar-refractivity contribution in [2.45, 2.75) is 23.6 Å². The molecule has 0 saturated heterocycles. The summed E-state index contributed by atoms with van der Waals surface area (Å²) in [6.07, 6.45) is 1.87. The average Bonchev–Trinajstić information content (AvgIpc) is 2.86. The first-order valence-electron chi connectivity index (χ1n) is 11.2. The van der Waals surface area contributed by atoms with Crippen molar-refractivity contribution >= 4 is 55.3 Å². The highest BCUT2D eigenvalue weighted by molar-refractivity contribution is 7.90. The summed E-state index contributed by atoms with van der Waals surface area (Å²) in [5, 5.41) is 8.31. The summed E-state index contributed by atoms with van der Waals surface area (Å²) in [6.45, 7) is 2.11. The summed E-state index contributed by atoms with van der Waals surface area (Å²) in [6, 6.07) is 11.9. The van der Waals surface area contributed by atoms with Gasteiger partial charge in [-0.25, -0.2) is 9.59 Å². The second-order valence-electron chi connectivity index (χ2n) is 7.92. The minimum Gasteiger partial charge on any atom is -0.305 e. The van der Waals surface area contributed by atoms with Crippen molar-refractivity contribution in [2.24, 2.45) is 8.80 Å². The summed E-state index contributed by atoms with van der Waals surface area (Å²) < 4.78 is 59.4.